The lowest BCUT2D eigenvalue weighted by molar-refractivity contribution is -0.0496. The molecule has 2 N–H and O–H groups in total. The number of aliphatic hydroxyl groups is 2. The SMILES string of the molecule is CCCCCCCCCCCCCCCCCC(CC(O)O)N=O. The third kappa shape index (κ3) is 17.9. The van der Waals surface area contributed by atoms with Crippen molar-refractivity contribution in [2.24, 2.45) is 5.18 Å². The Kier molecular flexibility index (Phi) is 18.5. The molecule has 0 aliphatic heterocycles. The fraction of sp³-hybridized carbons (Fsp3) is 1.00. The van der Waals surface area contributed by atoms with Gasteiger partial charge in [-0.05, 0) is 6.42 Å². The van der Waals surface area contributed by atoms with E-state index >= 15 is 0 Å². The second kappa shape index (κ2) is 18.9. The van der Waals surface area contributed by atoms with Gasteiger partial charge in [-0.3, -0.25) is 0 Å². The first-order valence-electron chi connectivity index (χ1n) is 10.4. The van der Waals surface area contributed by atoms with Gasteiger partial charge in [0, 0.05) is 6.42 Å². The fourth-order valence-corrected chi connectivity index (χ4v) is 3.21. The number of nitrogens with zero attached hydrogens (tertiary/aromatic N) is 1. The van der Waals surface area contributed by atoms with E-state index in [1.165, 1.54) is 83.5 Å². The third-order valence-corrected chi connectivity index (χ3v) is 4.77. The molecule has 144 valence electrons. The highest BCUT2D eigenvalue weighted by atomic mass is 16.5. The number of hydrogen-bond acceptors (Lipinski definition) is 4. The van der Waals surface area contributed by atoms with Crippen LogP contribution in [0.4, 0.5) is 0 Å². The van der Waals surface area contributed by atoms with E-state index in [1.807, 2.05) is 0 Å². The molecule has 0 rings (SSSR count). The lowest BCUT2D eigenvalue weighted by atomic mass is 10.0. The van der Waals surface area contributed by atoms with Gasteiger partial charge in [0.05, 0.1) is 6.04 Å². The highest BCUT2D eigenvalue weighted by Crippen LogP contribution is 2.15. The third-order valence-electron chi connectivity index (χ3n) is 4.77. The Labute approximate surface area is 149 Å². The van der Waals surface area contributed by atoms with E-state index in [1.54, 1.807) is 0 Å². The lowest BCUT2D eigenvalue weighted by Crippen LogP contribution is -2.15. The van der Waals surface area contributed by atoms with Crippen LogP contribution >= 0.6 is 0 Å². The van der Waals surface area contributed by atoms with Crippen LogP contribution in [0.25, 0.3) is 0 Å². The molecule has 0 aliphatic rings. The summed E-state index contributed by atoms with van der Waals surface area (Å²) in [6.07, 6.45) is 19.2. The molecule has 0 saturated heterocycles. The van der Waals surface area contributed by atoms with Crippen molar-refractivity contribution in [1.29, 1.82) is 0 Å². The summed E-state index contributed by atoms with van der Waals surface area (Å²) in [4.78, 5) is 10.5. The lowest BCUT2D eigenvalue weighted by Gasteiger charge is -2.09. The van der Waals surface area contributed by atoms with Crippen LogP contribution in [0.2, 0.25) is 0 Å². The molecule has 0 aromatic heterocycles. The van der Waals surface area contributed by atoms with Crippen molar-refractivity contribution in [3.8, 4) is 0 Å². The van der Waals surface area contributed by atoms with Crippen LogP contribution in [0.3, 0.4) is 0 Å². The van der Waals surface area contributed by atoms with Gasteiger partial charge in [-0.15, -0.1) is 0 Å². The van der Waals surface area contributed by atoms with Gasteiger partial charge in [0.2, 0.25) is 0 Å². The maximum absolute atomic E-state index is 10.5. The summed E-state index contributed by atoms with van der Waals surface area (Å²) in [5.41, 5.74) is 0. The molecular formula is C20H41NO3. The minimum Gasteiger partial charge on any atom is -0.368 e. The first-order valence-corrected chi connectivity index (χ1v) is 10.4. The molecule has 0 aliphatic carbocycles. The fourth-order valence-electron chi connectivity index (χ4n) is 3.21. The molecular weight excluding hydrogens is 302 g/mol. The van der Waals surface area contributed by atoms with Gasteiger partial charge in [0.15, 0.2) is 6.29 Å². The van der Waals surface area contributed by atoms with Crippen molar-refractivity contribution in [3.05, 3.63) is 4.91 Å². The Bertz CT molecular complexity index is 259. The molecule has 0 fully saturated rings. The second-order valence-corrected chi connectivity index (χ2v) is 7.21. The van der Waals surface area contributed by atoms with Crippen molar-refractivity contribution < 1.29 is 10.2 Å². The highest BCUT2D eigenvalue weighted by molar-refractivity contribution is 4.66. The van der Waals surface area contributed by atoms with E-state index < -0.39 is 12.3 Å². The number of nitroso groups, excluding NO2 is 1. The summed E-state index contributed by atoms with van der Waals surface area (Å²) < 4.78 is 0. The Morgan fingerprint density at radius 2 is 1.04 bits per heavy atom. The maximum Gasteiger partial charge on any atom is 0.153 e. The molecule has 0 aromatic rings. The predicted octanol–water partition coefficient (Wildman–Crippen LogP) is 6.08. The summed E-state index contributed by atoms with van der Waals surface area (Å²) in [6, 6.07) is -0.438. The molecule has 0 radical (unpaired) electrons. The molecule has 1 atom stereocenters. The van der Waals surface area contributed by atoms with Gasteiger partial charge < -0.3 is 10.2 Å². The average molecular weight is 344 g/mol. The van der Waals surface area contributed by atoms with Gasteiger partial charge in [-0.25, -0.2) is 0 Å². The Balaban J connectivity index is 3.16. The Morgan fingerprint density at radius 3 is 1.38 bits per heavy atom. The zero-order valence-corrected chi connectivity index (χ0v) is 15.9. The Hall–Kier alpha value is -0.480. The average Bonchev–Trinajstić information content (AvgIpc) is 2.56. The first-order chi connectivity index (χ1) is 11.7. The first kappa shape index (κ1) is 23.5. The van der Waals surface area contributed by atoms with Gasteiger partial charge in [0.25, 0.3) is 0 Å². The van der Waals surface area contributed by atoms with Crippen LogP contribution in [0, 0.1) is 4.91 Å². The van der Waals surface area contributed by atoms with Gasteiger partial charge in [-0.2, -0.15) is 4.91 Å². The summed E-state index contributed by atoms with van der Waals surface area (Å²) >= 11 is 0. The molecule has 1 unspecified atom stereocenters. The molecule has 24 heavy (non-hydrogen) atoms. The largest absolute Gasteiger partial charge is 0.368 e. The number of hydrogen-bond donors (Lipinski definition) is 2. The molecule has 0 spiro atoms. The van der Waals surface area contributed by atoms with Crippen LogP contribution < -0.4 is 0 Å². The van der Waals surface area contributed by atoms with Crippen LogP contribution in [0.15, 0.2) is 5.18 Å². The number of aliphatic hydroxyl groups excluding tert-OH is 1. The van der Waals surface area contributed by atoms with E-state index in [9.17, 15) is 4.91 Å². The summed E-state index contributed by atoms with van der Waals surface area (Å²) in [7, 11) is 0. The molecule has 0 heterocycles. The maximum atomic E-state index is 10.5. The van der Waals surface area contributed by atoms with Gasteiger partial charge >= 0.3 is 0 Å². The van der Waals surface area contributed by atoms with Crippen molar-refractivity contribution in [3.63, 3.8) is 0 Å². The van der Waals surface area contributed by atoms with Crippen LogP contribution in [0.1, 0.15) is 116 Å². The van der Waals surface area contributed by atoms with Crippen LogP contribution in [0.5, 0.6) is 0 Å². The van der Waals surface area contributed by atoms with Crippen molar-refractivity contribution in [1.82, 2.24) is 0 Å². The van der Waals surface area contributed by atoms with Gasteiger partial charge in [-0.1, -0.05) is 108 Å². The summed E-state index contributed by atoms with van der Waals surface area (Å²) in [5.74, 6) is 0. The van der Waals surface area contributed by atoms with E-state index in [0.29, 0.717) is 6.42 Å². The number of unbranched alkanes of at least 4 members (excludes halogenated alkanes) is 14. The minimum absolute atomic E-state index is 0.0715. The molecule has 0 aromatic carbocycles. The topological polar surface area (TPSA) is 69.9 Å². The van der Waals surface area contributed by atoms with E-state index in [4.69, 9.17) is 10.2 Å². The zero-order chi connectivity index (χ0) is 17.9. The molecule has 0 amide bonds. The molecule has 0 saturated carbocycles. The molecule has 4 heteroatoms. The van der Waals surface area contributed by atoms with Crippen molar-refractivity contribution in [2.45, 2.75) is 128 Å². The van der Waals surface area contributed by atoms with Crippen LogP contribution in [-0.2, 0) is 0 Å². The monoisotopic (exact) mass is 343 g/mol. The van der Waals surface area contributed by atoms with E-state index in [2.05, 4.69) is 12.1 Å². The summed E-state index contributed by atoms with van der Waals surface area (Å²) in [6.45, 7) is 2.27. The number of rotatable bonds is 19. The van der Waals surface area contributed by atoms with E-state index in [-0.39, 0.29) is 6.42 Å². The van der Waals surface area contributed by atoms with E-state index in [0.717, 1.165) is 12.8 Å². The van der Waals surface area contributed by atoms with Crippen molar-refractivity contribution in [2.75, 3.05) is 0 Å². The van der Waals surface area contributed by atoms with Crippen molar-refractivity contribution >= 4 is 0 Å². The smallest absolute Gasteiger partial charge is 0.153 e. The minimum atomic E-state index is -1.41. The summed E-state index contributed by atoms with van der Waals surface area (Å²) in [5, 5.41) is 20.6. The second-order valence-electron chi connectivity index (χ2n) is 7.21. The Morgan fingerprint density at radius 1 is 0.667 bits per heavy atom. The predicted molar refractivity (Wildman–Crippen MR) is 102 cm³/mol. The molecule has 4 nitrogen and oxygen atoms in total. The van der Waals surface area contributed by atoms with Gasteiger partial charge in [0.1, 0.15) is 0 Å². The quantitative estimate of drug-likeness (QED) is 0.169. The molecule has 0 bridgehead atoms. The standard InChI is InChI=1S/C20H41NO3/c1-2-3-4-5-6-7-8-9-10-11-12-13-14-15-16-17-19(21-24)18-20(22)23/h19-20,22-23H,2-18H2,1H3. The zero-order valence-electron chi connectivity index (χ0n) is 15.9. The highest BCUT2D eigenvalue weighted by Gasteiger charge is 2.12. The van der Waals surface area contributed by atoms with Crippen LogP contribution in [-0.4, -0.2) is 22.5 Å². The normalized spacial score (nSPS) is 12.7.